The van der Waals surface area contributed by atoms with Gasteiger partial charge in [-0.05, 0) is 38.0 Å². The van der Waals surface area contributed by atoms with Crippen LogP contribution in [0, 0.1) is 16.0 Å². The van der Waals surface area contributed by atoms with Crippen molar-refractivity contribution < 1.29 is 27.7 Å². The first-order chi connectivity index (χ1) is 14.6. The SMILES string of the molecule is CC(=O)c1ccc(S(=O)(=O)N2CCC(C(=O)Oc3ccc([N+](=O)[O-])cc3Cl)CC2)cc1. The summed E-state index contributed by atoms with van der Waals surface area (Å²) in [6.07, 6.45) is 0.516. The second-order valence-corrected chi connectivity index (χ2v) is 9.40. The van der Waals surface area contributed by atoms with Crippen molar-refractivity contribution in [1.82, 2.24) is 4.31 Å². The highest BCUT2D eigenvalue weighted by atomic mass is 35.5. The highest BCUT2D eigenvalue weighted by Crippen LogP contribution is 2.31. The summed E-state index contributed by atoms with van der Waals surface area (Å²) in [7, 11) is -3.75. The van der Waals surface area contributed by atoms with E-state index in [1.54, 1.807) is 0 Å². The summed E-state index contributed by atoms with van der Waals surface area (Å²) in [5, 5.41) is 10.7. The first-order valence-corrected chi connectivity index (χ1v) is 11.2. The molecule has 0 unspecified atom stereocenters. The zero-order valence-corrected chi connectivity index (χ0v) is 18.1. The molecule has 0 aliphatic carbocycles. The molecular weight excluding hydrogens is 448 g/mol. The first kappa shape index (κ1) is 22.9. The number of nitro groups is 1. The molecule has 1 saturated heterocycles. The molecule has 0 spiro atoms. The third-order valence-electron chi connectivity index (χ3n) is 5.02. The monoisotopic (exact) mass is 466 g/mol. The van der Waals surface area contributed by atoms with Crippen molar-refractivity contribution in [2.75, 3.05) is 13.1 Å². The molecule has 1 aliphatic rings. The van der Waals surface area contributed by atoms with Crippen LogP contribution >= 0.6 is 11.6 Å². The molecule has 3 rings (SSSR count). The molecule has 11 heteroatoms. The summed E-state index contributed by atoms with van der Waals surface area (Å²) in [4.78, 5) is 34.1. The maximum absolute atomic E-state index is 12.8. The molecule has 2 aromatic carbocycles. The molecule has 0 amide bonds. The van der Waals surface area contributed by atoms with Crippen molar-refractivity contribution in [3.8, 4) is 5.75 Å². The number of benzene rings is 2. The summed E-state index contributed by atoms with van der Waals surface area (Å²) in [5.74, 6) is -1.24. The molecule has 0 saturated carbocycles. The average Bonchev–Trinajstić information content (AvgIpc) is 2.75. The number of halogens is 1. The van der Waals surface area contributed by atoms with Crippen molar-refractivity contribution in [2.24, 2.45) is 5.92 Å². The van der Waals surface area contributed by atoms with E-state index in [1.807, 2.05) is 0 Å². The minimum absolute atomic E-state index is 0.0119. The number of hydrogen-bond donors (Lipinski definition) is 0. The quantitative estimate of drug-likeness (QED) is 0.210. The molecule has 164 valence electrons. The van der Waals surface area contributed by atoms with Crippen LogP contribution in [0.4, 0.5) is 5.69 Å². The van der Waals surface area contributed by atoms with E-state index in [1.165, 1.54) is 47.6 Å². The van der Waals surface area contributed by atoms with Gasteiger partial charge in [-0.2, -0.15) is 4.31 Å². The molecule has 9 nitrogen and oxygen atoms in total. The molecule has 0 radical (unpaired) electrons. The number of carbonyl (C=O) groups excluding carboxylic acids is 2. The van der Waals surface area contributed by atoms with E-state index in [0.29, 0.717) is 5.56 Å². The van der Waals surface area contributed by atoms with Crippen LogP contribution in [-0.4, -0.2) is 42.5 Å². The van der Waals surface area contributed by atoms with Crippen LogP contribution in [0.2, 0.25) is 5.02 Å². The minimum Gasteiger partial charge on any atom is -0.425 e. The van der Waals surface area contributed by atoms with Gasteiger partial charge in [-0.3, -0.25) is 19.7 Å². The van der Waals surface area contributed by atoms with Crippen molar-refractivity contribution in [1.29, 1.82) is 0 Å². The van der Waals surface area contributed by atoms with Gasteiger partial charge in [-0.25, -0.2) is 8.42 Å². The fourth-order valence-electron chi connectivity index (χ4n) is 3.22. The molecule has 0 aromatic heterocycles. The molecule has 0 N–H and O–H groups in total. The lowest BCUT2D eigenvalue weighted by atomic mass is 9.98. The topological polar surface area (TPSA) is 124 Å². The lowest BCUT2D eigenvalue weighted by molar-refractivity contribution is -0.384. The summed E-state index contributed by atoms with van der Waals surface area (Å²) >= 11 is 5.95. The number of ether oxygens (including phenoxy) is 1. The highest BCUT2D eigenvalue weighted by molar-refractivity contribution is 7.89. The Kier molecular flexibility index (Phi) is 6.73. The molecule has 0 bridgehead atoms. The lowest BCUT2D eigenvalue weighted by Gasteiger charge is -2.30. The van der Waals surface area contributed by atoms with Crippen LogP contribution < -0.4 is 4.74 Å². The van der Waals surface area contributed by atoms with Crippen molar-refractivity contribution in [2.45, 2.75) is 24.7 Å². The second kappa shape index (κ2) is 9.13. The van der Waals surface area contributed by atoms with Crippen LogP contribution in [0.1, 0.15) is 30.1 Å². The number of esters is 1. The van der Waals surface area contributed by atoms with E-state index >= 15 is 0 Å². The number of nitro benzene ring substituents is 1. The summed E-state index contributed by atoms with van der Waals surface area (Å²) < 4.78 is 32.2. The van der Waals surface area contributed by atoms with E-state index in [4.69, 9.17) is 16.3 Å². The van der Waals surface area contributed by atoms with Gasteiger partial charge >= 0.3 is 5.97 Å². The van der Waals surface area contributed by atoms with E-state index in [2.05, 4.69) is 0 Å². The predicted octanol–water partition coefficient (Wildman–Crippen LogP) is 3.46. The van der Waals surface area contributed by atoms with Gasteiger partial charge in [0.2, 0.25) is 10.0 Å². The maximum Gasteiger partial charge on any atom is 0.314 e. The Morgan fingerprint density at radius 1 is 1.13 bits per heavy atom. The second-order valence-electron chi connectivity index (χ2n) is 7.05. The molecule has 2 aromatic rings. The van der Waals surface area contributed by atoms with E-state index in [-0.39, 0.29) is 53.1 Å². The van der Waals surface area contributed by atoms with Crippen LogP contribution in [0.5, 0.6) is 5.75 Å². The summed E-state index contributed by atoms with van der Waals surface area (Å²) in [5.41, 5.74) is 0.199. The number of sulfonamides is 1. The number of nitrogens with zero attached hydrogens (tertiary/aromatic N) is 2. The lowest BCUT2D eigenvalue weighted by Crippen LogP contribution is -2.41. The largest absolute Gasteiger partial charge is 0.425 e. The van der Waals surface area contributed by atoms with Gasteiger partial charge < -0.3 is 4.74 Å². The van der Waals surface area contributed by atoms with Crippen LogP contribution in [0.25, 0.3) is 0 Å². The van der Waals surface area contributed by atoms with E-state index in [0.717, 1.165) is 6.07 Å². The van der Waals surface area contributed by atoms with Gasteiger partial charge in [0, 0.05) is 30.8 Å². The fourth-order valence-corrected chi connectivity index (χ4v) is 4.90. The molecule has 1 heterocycles. The zero-order chi connectivity index (χ0) is 22.8. The Morgan fingerprint density at radius 3 is 2.26 bits per heavy atom. The third-order valence-corrected chi connectivity index (χ3v) is 7.23. The molecule has 1 fully saturated rings. The Balaban J connectivity index is 1.62. The van der Waals surface area contributed by atoms with Gasteiger partial charge in [-0.15, -0.1) is 0 Å². The number of Topliss-reactive ketones (excluding diaryl/α,β-unsaturated/α-hetero) is 1. The normalized spacial score (nSPS) is 15.4. The Morgan fingerprint density at radius 2 is 1.74 bits per heavy atom. The molecular formula is C20H19ClN2O7S. The number of ketones is 1. The number of rotatable bonds is 6. The highest BCUT2D eigenvalue weighted by Gasteiger charge is 2.33. The van der Waals surface area contributed by atoms with Crippen LogP contribution in [0.15, 0.2) is 47.4 Å². The third kappa shape index (κ3) is 5.09. The standard InChI is InChI=1S/C20H19ClN2O7S/c1-13(24)14-2-5-17(6-3-14)31(28,29)22-10-8-15(9-11-22)20(25)30-19-7-4-16(23(26)27)12-18(19)21/h2-7,12,15H,8-11H2,1H3. The van der Waals surface area contributed by atoms with Crippen LogP contribution in [0.3, 0.4) is 0 Å². The smallest absolute Gasteiger partial charge is 0.314 e. The van der Waals surface area contributed by atoms with Gasteiger partial charge in [0.05, 0.1) is 20.8 Å². The van der Waals surface area contributed by atoms with Crippen molar-refractivity contribution in [3.05, 3.63) is 63.2 Å². The minimum atomic E-state index is -3.75. The van der Waals surface area contributed by atoms with Gasteiger partial charge in [0.25, 0.3) is 5.69 Å². The fraction of sp³-hybridized carbons (Fsp3) is 0.300. The number of non-ortho nitro benzene ring substituents is 1. The Labute approximate surface area is 183 Å². The zero-order valence-electron chi connectivity index (χ0n) is 16.5. The number of hydrogen-bond acceptors (Lipinski definition) is 7. The van der Waals surface area contributed by atoms with Crippen LogP contribution in [-0.2, 0) is 14.8 Å². The van der Waals surface area contributed by atoms with Gasteiger partial charge in [-0.1, -0.05) is 23.7 Å². The van der Waals surface area contributed by atoms with Crippen molar-refractivity contribution >= 4 is 39.1 Å². The van der Waals surface area contributed by atoms with Crippen molar-refractivity contribution in [3.63, 3.8) is 0 Å². The first-order valence-electron chi connectivity index (χ1n) is 9.36. The maximum atomic E-state index is 12.8. The number of piperidine rings is 1. The molecule has 1 aliphatic heterocycles. The van der Waals surface area contributed by atoms with E-state index < -0.39 is 26.8 Å². The Bertz CT molecular complexity index is 1120. The molecule has 31 heavy (non-hydrogen) atoms. The van der Waals surface area contributed by atoms with Gasteiger partial charge in [0.15, 0.2) is 5.78 Å². The summed E-state index contributed by atoms with van der Waals surface area (Å²) in [6, 6.07) is 9.24. The number of carbonyl (C=O) groups is 2. The molecule has 0 atom stereocenters. The predicted molar refractivity (Wildman–Crippen MR) is 112 cm³/mol. The Hall–Kier alpha value is -2.82. The van der Waals surface area contributed by atoms with E-state index in [9.17, 15) is 28.1 Å². The average molecular weight is 467 g/mol. The summed E-state index contributed by atoms with van der Waals surface area (Å²) in [6.45, 7) is 1.66. The van der Waals surface area contributed by atoms with Gasteiger partial charge in [0.1, 0.15) is 5.75 Å².